The Morgan fingerprint density at radius 3 is 2.08 bits per heavy atom. The predicted molar refractivity (Wildman–Crippen MR) is 183 cm³/mol. The number of rotatable bonds is 3. The lowest BCUT2D eigenvalue weighted by molar-refractivity contribution is 0.425. The van der Waals surface area contributed by atoms with Gasteiger partial charge in [-0.2, -0.15) is 10.2 Å². The Morgan fingerprint density at radius 2 is 1.40 bits per heavy atom. The molecule has 5 heterocycles. The standard InChI is InChI=1S/C20H17F3N4O.C16H11ClFN3O/c21-10-1-2-12(14(23)6-10)17-18(9-3-4-24-8-9)25-15-7-11(22)5-13-16(15)19(17)26-27-20(13)28;17-12-4-2-1-3-9(12)11-7-19-13-6-8(18)5-10-14(13)15(11)20-21-16(10)22/h1-2,5-7,9,17-18,24-25H,3-4,8H2,(H,27,28);1-6,11,19H,7H2,(H,21,22). The molecule has 50 heavy (non-hydrogen) atoms. The van der Waals surface area contributed by atoms with Gasteiger partial charge in [0.2, 0.25) is 0 Å². The average Bonchev–Trinajstić information content (AvgIpc) is 3.64. The van der Waals surface area contributed by atoms with E-state index >= 15 is 0 Å². The number of aromatic amines is 2. The molecule has 6 aromatic rings. The van der Waals surface area contributed by atoms with E-state index in [0.717, 1.165) is 30.7 Å². The Labute approximate surface area is 286 Å². The highest BCUT2D eigenvalue weighted by Crippen LogP contribution is 2.44. The van der Waals surface area contributed by atoms with Gasteiger partial charge in [0.05, 0.1) is 28.1 Å². The first-order chi connectivity index (χ1) is 24.2. The number of hydrogen-bond donors (Lipinski definition) is 5. The van der Waals surface area contributed by atoms with Gasteiger partial charge in [-0.25, -0.2) is 27.8 Å². The van der Waals surface area contributed by atoms with Crippen molar-refractivity contribution in [3.05, 3.63) is 138 Å². The first-order valence-corrected chi connectivity index (χ1v) is 16.4. The van der Waals surface area contributed by atoms with Crippen LogP contribution in [-0.4, -0.2) is 46.1 Å². The molecule has 3 aliphatic heterocycles. The van der Waals surface area contributed by atoms with Crippen LogP contribution in [-0.2, 0) is 0 Å². The van der Waals surface area contributed by atoms with Gasteiger partial charge in [-0.05, 0) is 73.0 Å². The minimum atomic E-state index is -0.672. The number of anilines is 2. The summed E-state index contributed by atoms with van der Waals surface area (Å²) in [5.41, 5.74) is 2.53. The molecule has 5 N–H and O–H groups in total. The molecule has 4 atom stereocenters. The zero-order chi connectivity index (χ0) is 34.7. The molecule has 9 rings (SSSR count). The fourth-order valence-corrected chi connectivity index (χ4v) is 7.80. The zero-order valence-corrected chi connectivity index (χ0v) is 26.8. The molecular weight excluding hydrogens is 674 g/mol. The third-order valence-corrected chi connectivity index (χ3v) is 10.1. The van der Waals surface area contributed by atoms with Gasteiger partial charge in [-0.3, -0.25) is 9.59 Å². The summed E-state index contributed by atoms with van der Waals surface area (Å²) >= 11 is 6.29. The number of aromatic nitrogens is 4. The first-order valence-electron chi connectivity index (χ1n) is 16.0. The van der Waals surface area contributed by atoms with E-state index < -0.39 is 40.3 Å². The van der Waals surface area contributed by atoms with Gasteiger partial charge in [-0.1, -0.05) is 35.9 Å². The summed E-state index contributed by atoms with van der Waals surface area (Å²) in [5.74, 6) is -2.84. The maximum absolute atomic E-state index is 14.8. The van der Waals surface area contributed by atoms with Crippen LogP contribution >= 0.6 is 11.6 Å². The molecule has 3 aliphatic rings. The van der Waals surface area contributed by atoms with Crippen molar-refractivity contribution in [3.8, 4) is 0 Å². The summed E-state index contributed by atoms with van der Waals surface area (Å²) < 4.78 is 56.1. The number of nitrogens with one attached hydrogen (secondary N) is 5. The van der Waals surface area contributed by atoms with Crippen molar-refractivity contribution in [3.63, 3.8) is 0 Å². The molecule has 0 radical (unpaired) electrons. The highest BCUT2D eigenvalue weighted by atomic mass is 35.5. The van der Waals surface area contributed by atoms with Gasteiger partial charge in [0, 0.05) is 51.7 Å². The lowest BCUT2D eigenvalue weighted by Crippen LogP contribution is -2.41. The van der Waals surface area contributed by atoms with Gasteiger partial charge in [0.1, 0.15) is 23.3 Å². The van der Waals surface area contributed by atoms with Crippen LogP contribution in [0.2, 0.25) is 5.02 Å². The molecule has 2 aromatic heterocycles. The Bertz CT molecular complexity index is 2430. The Hall–Kier alpha value is -5.27. The van der Waals surface area contributed by atoms with E-state index in [0.29, 0.717) is 62.6 Å². The molecule has 1 saturated heterocycles. The highest BCUT2D eigenvalue weighted by molar-refractivity contribution is 6.31. The van der Waals surface area contributed by atoms with Crippen LogP contribution in [0.25, 0.3) is 21.5 Å². The zero-order valence-electron chi connectivity index (χ0n) is 26.1. The van der Waals surface area contributed by atoms with E-state index in [-0.39, 0.29) is 23.3 Å². The number of nitrogens with zero attached hydrogens (tertiary/aromatic N) is 2. The molecule has 0 saturated carbocycles. The van der Waals surface area contributed by atoms with Crippen LogP contribution in [0.4, 0.5) is 28.9 Å². The van der Waals surface area contributed by atoms with Crippen molar-refractivity contribution < 1.29 is 17.6 Å². The summed E-state index contributed by atoms with van der Waals surface area (Å²) in [6.07, 6.45) is 0.855. The molecule has 0 aliphatic carbocycles. The summed E-state index contributed by atoms with van der Waals surface area (Å²) in [5, 5.41) is 25.3. The Balaban J connectivity index is 0.000000149. The number of H-pyrrole nitrogens is 2. The van der Waals surface area contributed by atoms with E-state index in [9.17, 15) is 27.2 Å². The van der Waals surface area contributed by atoms with Crippen LogP contribution < -0.4 is 27.1 Å². The van der Waals surface area contributed by atoms with E-state index in [1.807, 2.05) is 24.3 Å². The van der Waals surface area contributed by atoms with Crippen molar-refractivity contribution in [2.45, 2.75) is 24.3 Å². The van der Waals surface area contributed by atoms with Gasteiger partial charge in [0.25, 0.3) is 11.1 Å². The van der Waals surface area contributed by atoms with Gasteiger partial charge < -0.3 is 16.0 Å². The van der Waals surface area contributed by atoms with Gasteiger partial charge >= 0.3 is 0 Å². The monoisotopic (exact) mass is 701 g/mol. The van der Waals surface area contributed by atoms with E-state index in [2.05, 4.69) is 36.3 Å². The second kappa shape index (κ2) is 12.6. The largest absolute Gasteiger partial charge is 0.383 e. The SMILES string of the molecule is O=c1[nH]nc2c3c(cc(F)cc13)NC(C1CCNC1)C2c1ccc(F)cc1F.O=c1[nH]nc2c3c(cc(F)cc13)NCC2c1ccccc1Cl. The van der Waals surface area contributed by atoms with E-state index in [4.69, 9.17) is 11.6 Å². The summed E-state index contributed by atoms with van der Waals surface area (Å²) in [4.78, 5) is 24.2. The Kier molecular flexibility index (Phi) is 8.03. The second-order valence-corrected chi connectivity index (χ2v) is 13.1. The normalized spacial score (nSPS) is 20.6. The van der Waals surface area contributed by atoms with E-state index in [1.54, 1.807) is 0 Å². The fraction of sp³-hybridized carbons (Fsp3) is 0.222. The molecule has 0 amide bonds. The molecule has 0 spiro atoms. The quantitative estimate of drug-likeness (QED) is 0.140. The van der Waals surface area contributed by atoms with Gasteiger partial charge in [-0.15, -0.1) is 0 Å². The lowest BCUT2D eigenvalue weighted by Gasteiger charge is -2.37. The van der Waals surface area contributed by atoms with E-state index in [1.165, 1.54) is 30.3 Å². The maximum atomic E-state index is 14.8. The molecule has 4 unspecified atom stereocenters. The minimum absolute atomic E-state index is 0.106. The van der Waals surface area contributed by atoms with Crippen LogP contribution in [0.15, 0.2) is 76.3 Å². The van der Waals surface area contributed by atoms with Crippen LogP contribution in [0.3, 0.4) is 0 Å². The number of benzene rings is 4. The predicted octanol–water partition coefficient (Wildman–Crippen LogP) is 6.15. The van der Waals surface area contributed by atoms with Crippen molar-refractivity contribution in [1.29, 1.82) is 0 Å². The topological polar surface area (TPSA) is 128 Å². The average molecular weight is 702 g/mol. The van der Waals surface area contributed by atoms with Crippen LogP contribution in [0, 0.1) is 29.2 Å². The first kappa shape index (κ1) is 32.0. The van der Waals surface area contributed by atoms with Crippen LogP contribution in [0.5, 0.6) is 0 Å². The number of hydrogen-bond acceptors (Lipinski definition) is 7. The van der Waals surface area contributed by atoms with Crippen LogP contribution in [0.1, 0.15) is 40.8 Å². The molecule has 9 nitrogen and oxygen atoms in total. The fourth-order valence-electron chi connectivity index (χ4n) is 7.53. The van der Waals surface area contributed by atoms with Crippen molar-refractivity contribution in [1.82, 2.24) is 25.7 Å². The Morgan fingerprint density at radius 1 is 0.720 bits per heavy atom. The smallest absolute Gasteiger partial charge is 0.272 e. The minimum Gasteiger partial charge on any atom is -0.383 e. The summed E-state index contributed by atoms with van der Waals surface area (Å²) in [6, 6.07) is 15.8. The van der Waals surface area contributed by atoms with Crippen molar-refractivity contribution >= 4 is 44.5 Å². The second-order valence-electron chi connectivity index (χ2n) is 12.6. The summed E-state index contributed by atoms with van der Waals surface area (Å²) in [7, 11) is 0. The highest BCUT2D eigenvalue weighted by Gasteiger charge is 2.40. The molecule has 254 valence electrons. The molecule has 0 bridgehead atoms. The lowest BCUT2D eigenvalue weighted by atomic mass is 9.77. The van der Waals surface area contributed by atoms with Crippen molar-refractivity contribution in [2.75, 3.05) is 30.3 Å². The molecular formula is C36H28ClF4N7O2. The maximum Gasteiger partial charge on any atom is 0.272 e. The van der Waals surface area contributed by atoms with Crippen molar-refractivity contribution in [2.24, 2.45) is 5.92 Å². The molecule has 14 heteroatoms. The van der Waals surface area contributed by atoms with Gasteiger partial charge in [0.15, 0.2) is 0 Å². The molecule has 4 aromatic carbocycles. The third kappa shape index (κ3) is 5.46. The summed E-state index contributed by atoms with van der Waals surface area (Å²) in [6.45, 7) is 2.08. The molecule has 1 fully saturated rings. The number of halogens is 5. The third-order valence-electron chi connectivity index (χ3n) is 9.75.